The van der Waals surface area contributed by atoms with Crippen LogP contribution in [0.15, 0.2) is 199 Å². The summed E-state index contributed by atoms with van der Waals surface area (Å²) in [6.45, 7) is 5.87. The standard InChI is InChI=1S/C54H42BrN3/c1-2-38-18-28-45(29-19-38)58(44-12-4-3-5-13-44)46-30-22-40(23-31-46)42-25-33-54-50(37-42)48-15-7-9-17-52(48)57(54)35-11-10-34-56-51-16-8-6-14-47(51)49-36-41(24-32-53(49)56)39-20-26-43(55)27-21-39/h2-9,12-33,36-37H,1,10-11,34-35H2. The minimum atomic E-state index is 0.964. The zero-order valence-electron chi connectivity index (χ0n) is 32.2. The van der Waals surface area contributed by atoms with Crippen LogP contribution in [-0.4, -0.2) is 9.13 Å². The summed E-state index contributed by atoms with van der Waals surface area (Å²) >= 11 is 3.58. The largest absolute Gasteiger partial charge is 0.340 e. The fourth-order valence-corrected chi connectivity index (χ4v) is 8.98. The van der Waals surface area contributed by atoms with Crippen molar-refractivity contribution in [2.45, 2.75) is 25.9 Å². The van der Waals surface area contributed by atoms with Gasteiger partial charge in [0.2, 0.25) is 0 Å². The molecular weight excluding hydrogens is 771 g/mol. The van der Waals surface area contributed by atoms with Crippen LogP contribution in [0.1, 0.15) is 18.4 Å². The highest BCUT2D eigenvalue weighted by molar-refractivity contribution is 9.10. The Morgan fingerprint density at radius 3 is 1.34 bits per heavy atom. The first-order chi connectivity index (χ1) is 28.6. The predicted octanol–water partition coefficient (Wildman–Crippen LogP) is 15.6. The lowest BCUT2D eigenvalue weighted by molar-refractivity contribution is 0.583. The lowest BCUT2D eigenvalue weighted by Gasteiger charge is -2.25. The minimum Gasteiger partial charge on any atom is -0.340 e. The van der Waals surface area contributed by atoms with Gasteiger partial charge >= 0.3 is 0 Å². The van der Waals surface area contributed by atoms with Crippen molar-refractivity contribution in [3.8, 4) is 22.3 Å². The third kappa shape index (κ3) is 6.60. The second-order valence-corrected chi connectivity index (χ2v) is 15.9. The van der Waals surface area contributed by atoms with Crippen LogP contribution in [0.3, 0.4) is 0 Å². The summed E-state index contributed by atoms with van der Waals surface area (Å²) in [5, 5.41) is 5.24. The summed E-state index contributed by atoms with van der Waals surface area (Å²) in [5.41, 5.74) is 14.5. The Kier molecular flexibility index (Phi) is 9.48. The van der Waals surface area contributed by atoms with Crippen LogP contribution in [-0.2, 0) is 13.1 Å². The van der Waals surface area contributed by atoms with E-state index in [0.29, 0.717) is 0 Å². The molecule has 0 saturated carbocycles. The molecule has 0 atom stereocenters. The third-order valence-corrected chi connectivity index (χ3v) is 12.1. The molecule has 10 aromatic rings. The van der Waals surface area contributed by atoms with Crippen LogP contribution in [0.25, 0.3) is 71.9 Å². The molecule has 2 heterocycles. The first-order valence-corrected chi connectivity index (χ1v) is 20.9. The second-order valence-electron chi connectivity index (χ2n) is 15.0. The van der Waals surface area contributed by atoms with Crippen molar-refractivity contribution in [3.63, 3.8) is 0 Å². The highest BCUT2D eigenvalue weighted by atomic mass is 79.9. The molecule has 0 bridgehead atoms. The first-order valence-electron chi connectivity index (χ1n) is 20.1. The van der Waals surface area contributed by atoms with Crippen LogP contribution in [0.5, 0.6) is 0 Å². The first kappa shape index (κ1) is 35.8. The molecule has 0 aliphatic rings. The summed E-state index contributed by atoms with van der Waals surface area (Å²) in [6.07, 6.45) is 4.05. The summed E-state index contributed by atoms with van der Waals surface area (Å²) in [4.78, 5) is 2.30. The minimum absolute atomic E-state index is 0.964. The van der Waals surface area contributed by atoms with Crippen molar-refractivity contribution in [3.05, 3.63) is 205 Å². The monoisotopic (exact) mass is 811 g/mol. The van der Waals surface area contributed by atoms with Crippen molar-refractivity contribution < 1.29 is 0 Å². The van der Waals surface area contributed by atoms with E-state index in [1.54, 1.807) is 0 Å². The van der Waals surface area contributed by atoms with Crippen molar-refractivity contribution in [1.29, 1.82) is 0 Å². The molecule has 0 N–H and O–H groups in total. The molecule has 4 heteroatoms. The van der Waals surface area contributed by atoms with Gasteiger partial charge in [-0.25, -0.2) is 0 Å². The van der Waals surface area contributed by atoms with Crippen molar-refractivity contribution >= 4 is 82.7 Å². The average Bonchev–Trinajstić information content (AvgIpc) is 3.77. The fraction of sp³-hybridized carbons (Fsp3) is 0.0741. The summed E-state index contributed by atoms with van der Waals surface area (Å²) < 4.78 is 6.15. The molecule has 58 heavy (non-hydrogen) atoms. The molecule has 0 aliphatic heterocycles. The smallest absolute Gasteiger partial charge is 0.0491 e. The normalized spacial score (nSPS) is 11.5. The molecule has 0 fully saturated rings. The number of aromatic nitrogens is 2. The molecule has 0 saturated heterocycles. The van der Waals surface area contributed by atoms with Gasteiger partial charge in [-0.15, -0.1) is 0 Å². The van der Waals surface area contributed by atoms with E-state index in [1.807, 2.05) is 6.08 Å². The molecule has 3 nitrogen and oxygen atoms in total. The highest BCUT2D eigenvalue weighted by Gasteiger charge is 2.16. The van der Waals surface area contributed by atoms with E-state index in [4.69, 9.17) is 0 Å². The van der Waals surface area contributed by atoms with E-state index in [2.05, 4.69) is 225 Å². The summed E-state index contributed by atoms with van der Waals surface area (Å²) in [5.74, 6) is 0. The van der Waals surface area contributed by atoms with E-state index in [-0.39, 0.29) is 0 Å². The van der Waals surface area contributed by atoms with Gasteiger partial charge in [0.15, 0.2) is 0 Å². The van der Waals surface area contributed by atoms with Crippen LogP contribution in [0.4, 0.5) is 17.1 Å². The number of fused-ring (bicyclic) bond motifs is 6. The van der Waals surface area contributed by atoms with Gasteiger partial charge in [0.05, 0.1) is 0 Å². The predicted molar refractivity (Wildman–Crippen MR) is 251 cm³/mol. The number of hydrogen-bond acceptors (Lipinski definition) is 1. The van der Waals surface area contributed by atoms with Crippen molar-refractivity contribution in [2.75, 3.05) is 4.90 Å². The molecule has 8 aromatic carbocycles. The molecule has 0 aliphatic carbocycles. The Morgan fingerprint density at radius 2 is 0.828 bits per heavy atom. The van der Waals surface area contributed by atoms with Gasteiger partial charge in [-0.1, -0.05) is 132 Å². The number of rotatable bonds is 11. The number of halogens is 1. The van der Waals surface area contributed by atoms with Gasteiger partial charge in [-0.05, 0) is 126 Å². The number of aryl methyl sites for hydroxylation is 2. The maximum Gasteiger partial charge on any atom is 0.0491 e. The number of para-hydroxylation sites is 3. The number of nitrogens with zero attached hydrogens (tertiary/aromatic N) is 3. The molecule has 10 rings (SSSR count). The number of anilines is 3. The fourth-order valence-electron chi connectivity index (χ4n) is 8.72. The van der Waals surface area contributed by atoms with Crippen LogP contribution < -0.4 is 4.90 Å². The third-order valence-electron chi connectivity index (χ3n) is 11.6. The van der Waals surface area contributed by atoms with E-state index in [0.717, 1.165) is 53.0 Å². The van der Waals surface area contributed by atoms with Crippen LogP contribution >= 0.6 is 15.9 Å². The molecule has 0 radical (unpaired) electrons. The Hall–Kier alpha value is -6.62. The molecular formula is C54H42BrN3. The molecule has 0 unspecified atom stereocenters. The Labute approximate surface area is 347 Å². The van der Waals surface area contributed by atoms with Crippen molar-refractivity contribution in [2.24, 2.45) is 0 Å². The van der Waals surface area contributed by atoms with Crippen molar-refractivity contribution in [1.82, 2.24) is 9.13 Å². The second kappa shape index (κ2) is 15.4. The van der Waals surface area contributed by atoms with E-state index in [9.17, 15) is 0 Å². The quantitative estimate of drug-likeness (QED) is 0.119. The van der Waals surface area contributed by atoms with Crippen LogP contribution in [0, 0.1) is 0 Å². The average molecular weight is 813 g/mol. The zero-order valence-corrected chi connectivity index (χ0v) is 33.8. The van der Waals surface area contributed by atoms with Gasteiger partial charge in [-0.3, -0.25) is 0 Å². The maximum atomic E-state index is 3.93. The Bertz CT molecular complexity index is 3060. The molecule has 0 amide bonds. The zero-order chi connectivity index (χ0) is 39.0. The Morgan fingerprint density at radius 1 is 0.414 bits per heavy atom. The SMILES string of the molecule is C=Cc1ccc(N(c2ccccc2)c2ccc(-c3ccc4c(c3)c3ccccc3n4CCCCn3c4ccccc4c4cc(-c5ccc(Br)cc5)ccc43)cc2)cc1. The summed E-state index contributed by atoms with van der Waals surface area (Å²) in [6, 6.07) is 68.4. The van der Waals surface area contributed by atoms with Gasteiger partial charge in [0.25, 0.3) is 0 Å². The molecule has 0 spiro atoms. The van der Waals surface area contributed by atoms with Gasteiger partial charge < -0.3 is 14.0 Å². The number of benzene rings is 8. The van der Waals surface area contributed by atoms with Crippen LogP contribution in [0.2, 0.25) is 0 Å². The lowest BCUT2D eigenvalue weighted by Crippen LogP contribution is -2.09. The van der Waals surface area contributed by atoms with E-state index in [1.165, 1.54) is 65.9 Å². The van der Waals surface area contributed by atoms with Gasteiger partial charge in [-0.2, -0.15) is 0 Å². The lowest BCUT2D eigenvalue weighted by atomic mass is 10.0. The van der Waals surface area contributed by atoms with Gasteiger partial charge in [0.1, 0.15) is 0 Å². The topological polar surface area (TPSA) is 13.1 Å². The van der Waals surface area contributed by atoms with Gasteiger partial charge in [0, 0.05) is 78.2 Å². The maximum absolute atomic E-state index is 3.93. The highest BCUT2D eigenvalue weighted by Crippen LogP contribution is 2.38. The Balaban J connectivity index is 0.911. The van der Waals surface area contributed by atoms with E-state index >= 15 is 0 Å². The summed E-state index contributed by atoms with van der Waals surface area (Å²) in [7, 11) is 0. The number of hydrogen-bond donors (Lipinski definition) is 0. The molecule has 280 valence electrons. The van der Waals surface area contributed by atoms with E-state index < -0.39 is 0 Å². The molecule has 2 aromatic heterocycles. The number of unbranched alkanes of at least 4 members (excludes halogenated alkanes) is 1.